The van der Waals surface area contributed by atoms with Crippen molar-refractivity contribution in [3.8, 4) is 0 Å². The van der Waals surface area contributed by atoms with Crippen molar-refractivity contribution in [3.05, 3.63) is 0 Å². The molecule has 0 aliphatic rings. The topological polar surface area (TPSA) is 15.3 Å². The van der Waals surface area contributed by atoms with Gasteiger partial charge >= 0.3 is 0 Å². The van der Waals surface area contributed by atoms with Gasteiger partial charge in [-0.15, -0.1) is 0 Å². The van der Waals surface area contributed by atoms with Gasteiger partial charge in [0.2, 0.25) is 0 Å². The van der Waals surface area contributed by atoms with Gasteiger partial charge < -0.3 is 10.2 Å². The van der Waals surface area contributed by atoms with Crippen LogP contribution in [0.15, 0.2) is 0 Å². The smallest absolute Gasteiger partial charge is 0.00387 e. The average Bonchev–Trinajstić information content (AvgIpc) is 2.22. The van der Waals surface area contributed by atoms with E-state index in [4.69, 9.17) is 0 Å². The van der Waals surface area contributed by atoms with Crippen molar-refractivity contribution >= 4 is 0 Å². The summed E-state index contributed by atoms with van der Waals surface area (Å²) in [6.07, 6.45) is 3.98. The van der Waals surface area contributed by atoms with E-state index in [9.17, 15) is 0 Å². The van der Waals surface area contributed by atoms with Crippen molar-refractivity contribution in [2.24, 2.45) is 5.92 Å². The molecule has 0 radical (unpaired) electrons. The molecule has 17 heavy (non-hydrogen) atoms. The molecule has 0 aliphatic carbocycles. The van der Waals surface area contributed by atoms with Gasteiger partial charge in [0, 0.05) is 18.6 Å². The molecular formula is C15H34N2. The Morgan fingerprint density at radius 1 is 1.00 bits per heavy atom. The third-order valence-corrected chi connectivity index (χ3v) is 3.22. The average molecular weight is 242 g/mol. The summed E-state index contributed by atoms with van der Waals surface area (Å²) in [7, 11) is 0. The van der Waals surface area contributed by atoms with Gasteiger partial charge in [-0.05, 0) is 52.6 Å². The van der Waals surface area contributed by atoms with E-state index in [1.807, 2.05) is 0 Å². The van der Waals surface area contributed by atoms with Gasteiger partial charge in [-0.3, -0.25) is 0 Å². The Kier molecular flexibility index (Phi) is 9.85. The fourth-order valence-electron chi connectivity index (χ4n) is 2.25. The highest BCUT2D eigenvalue weighted by atomic mass is 15.1. The lowest BCUT2D eigenvalue weighted by molar-refractivity contribution is 0.193. The van der Waals surface area contributed by atoms with Crippen LogP contribution in [0, 0.1) is 5.92 Å². The Labute approximate surface area is 109 Å². The normalized spacial score (nSPS) is 13.9. The standard InChI is InChI=1S/C15H34N2/c1-7-16-15(6)10-8-9-11-17(14(4)5)12-13(2)3/h13-16H,7-12H2,1-6H3. The van der Waals surface area contributed by atoms with E-state index in [0.717, 1.165) is 12.5 Å². The molecule has 0 fully saturated rings. The Morgan fingerprint density at radius 2 is 1.65 bits per heavy atom. The van der Waals surface area contributed by atoms with Gasteiger partial charge in [-0.2, -0.15) is 0 Å². The lowest BCUT2D eigenvalue weighted by Crippen LogP contribution is -2.35. The highest BCUT2D eigenvalue weighted by Crippen LogP contribution is 2.08. The summed E-state index contributed by atoms with van der Waals surface area (Å²) < 4.78 is 0. The first-order valence-corrected chi connectivity index (χ1v) is 7.44. The Balaban J connectivity index is 3.68. The Morgan fingerprint density at radius 3 is 2.12 bits per heavy atom. The number of rotatable bonds is 10. The molecule has 0 bridgehead atoms. The lowest BCUT2D eigenvalue weighted by Gasteiger charge is -2.28. The number of nitrogens with one attached hydrogen (secondary N) is 1. The molecule has 2 nitrogen and oxygen atoms in total. The summed E-state index contributed by atoms with van der Waals surface area (Å²) in [4.78, 5) is 2.61. The maximum absolute atomic E-state index is 3.47. The predicted octanol–water partition coefficient (Wildman–Crippen LogP) is 3.52. The van der Waals surface area contributed by atoms with E-state index in [1.54, 1.807) is 0 Å². The Hall–Kier alpha value is -0.0800. The fourth-order valence-corrected chi connectivity index (χ4v) is 2.25. The summed E-state index contributed by atoms with van der Waals surface area (Å²) in [5, 5.41) is 3.47. The summed E-state index contributed by atoms with van der Waals surface area (Å²) in [6.45, 7) is 17.3. The van der Waals surface area contributed by atoms with Crippen LogP contribution in [-0.4, -0.2) is 36.6 Å². The summed E-state index contributed by atoms with van der Waals surface area (Å²) >= 11 is 0. The third-order valence-electron chi connectivity index (χ3n) is 3.22. The highest BCUT2D eigenvalue weighted by Gasteiger charge is 2.10. The van der Waals surface area contributed by atoms with Gasteiger partial charge in [0.05, 0.1) is 0 Å². The first-order chi connectivity index (χ1) is 7.97. The van der Waals surface area contributed by atoms with Crippen LogP contribution >= 0.6 is 0 Å². The first-order valence-electron chi connectivity index (χ1n) is 7.44. The second-order valence-corrected chi connectivity index (χ2v) is 5.94. The quantitative estimate of drug-likeness (QED) is 0.590. The van der Waals surface area contributed by atoms with Crippen LogP contribution in [0.5, 0.6) is 0 Å². The van der Waals surface area contributed by atoms with E-state index in [1.165, 1.54) is 32.4 Å². The number of hydrogen-bond acceptors (Lipinski definition) is 2. The second-order valence-electron chi connectivity index (χ2n) is 5.94. The number of nitrogens with zero attached hydrogens (tertiary/aromatic N) is 1. The summed E-state index contributed by atoms with van der Waals surface area (Å²) in [5.41, 5.74) is 0. The molecule has 0 saturated carbocycles. The molecule has 0 saturated heterocycles. The van der Waals surface area contributed by atoms with Gasteiger partial charge in [-0.25, -0.2) is 0 Å². The van der Waals surface area contributed by atoms with E-state index < -0.39 is 0 Å². The van der Waals surface area contributed by atoms with Crippen LogP contribution in [0.25, 0.3) is 0 Å². The van der Waals surface area contributed by atoms with E-state index in [-0.39, 0.29) is 0 Å². The first kappa shape index (κ1) is 16.9. The highest BCUT2D eigenvalue weighted by molar-refractivity contribution is 4.66. The molecule has 1 N–H and O–H groups in total. The van der Waals surface area contributed by atoms with Crippen LogP contribution in [0.4, 0.5) is 0 Å². The molecule has 1 unspecified atom stereocenters. The number of hydrogen-bond donors (Lipinski definition) is 1. The molecular weight excluding hydrogens is 208 g/mol. The predicted molar refractivity (Wildman–Crippen MR) is 78.5 cm³/mol. The van der Waals surface area contributed by atoms with Crippen molar-refractivity contribution in [1.29, 1.82) is 0 Å². The molecule has 2 heteroatoms. The molecule has 0 amide bonds. The van der Waals surface area contributed by atoms with Crippen molar-refractivity contribution < 1.29 is 0 Å². The minimum atomic E-state index is 0.678. The van der Waals surface area contributed by atoms with Crippen molar-refractivity contribution in [2.45, 2.75) is 72.9 Å². The SMILES string of the molecule is CCNC(C)CCCCN(CC(C)C)C(C)C. The van der Waals surface area contributed by atoms with Gasteiger partial charge in [0.15, 0.2) is 0 Å². The molecule has 0 aliphatic heterocycles. The van der Waals surface area contributed by atoms with E-state index in [0.29, 0.717) is 12.1 Å². The van der Waals surface area contributed by atoms with Crippen LogP contribution in [0.3, 0.4) is 0 Å². The maximum atomic E-state index is 3.47. The molecule has 104 valence electrons. The van der Waals surface area contributed by atoms with Crippen LogP contribution in [-0.2, 0) is 0 Å². The van der Waals surface area contributed by atoms with E-state index in [2.05, 4.69) is 51.8 Å². The summed E-state index contributed by atoms with van der Waals surface area (Å²) in [6, 6.07) is 1.36. The van der Waals surface area contributed by atoms with E-state index >= 15 is 0 Å². The molecule has 0 aromatic carbocycles. The molecule has 0 spiro atoms. The molecule has 1 atom stereocenters. The number of unbranched alkanes of at least 4 members (excludes halogenated alkanes) is 1. The van der Waals surface area contributed by atoms with Crippen molar-refractivity contribution in [2.75, 3.05) is 19.6 Å². The lowest BCUT2D eigenvalue weighted by atomic mass is 10.1. The fraction of sp³-hybridized carbons (Fsp3) is 1.00. The van der Waals surface area contributed by atoms with Crippen molar-refractivity contribution in [3.63, 3.8) is 0 Å². The second kappa shape index (κ2) is 9.90. The zero-order valence-corrected chi connectivity index (χ0v) is 12.9. The van der Waals surface area contributed by atoms with Crippen molar-refractivity contribution in [1.82, 2.24) is 10.2 Å². The Bertz CT molecular complexity index is 166. The van der Waals surface area contributed by atoms with Gasteiger partial charge in [0.1, 0.15) is 0 Å². The maximum Gasteiger partial charge on any atom is 0.00387 e. The molecule has 0 heterocycles. The van der Waals surface area contributed by atoms with Gasteiger partial charge in [0.25, 0.3) is 0 Å². The largest absolute Gasteiger partial charge is 0.315 e. The zero-order chi connectivity index (χ0) is 13.3. The third kappa shape index (κ3) is 9.61. The minimum Gasteiger partial charge on any atom is -0.315 e. The summed E-state index contributed by atoms with van der Waals surface area (Å²) in [5.74, 6) is 0.776. The van der Waals surface area contributed by atoms with Crippen LogP contribution in [0.2, 0.25) is 0 Å². The molecule has 0 aromatic rings. The monoisotopic (exact) mass is 242 g/mol. The minimum absolute atomic E-state index is 0.678. The van der Waals surface area contributed by atoms with Gasteiger partial charge in [-0.1, -0.05) is 27.2 Å². The zero-order valence-electron chi connectivity index (χ0n) is 12.9. The van der Waals surface area contributed by atoms with Crippen LogP contribution < -0.4 is 5.32 Å². The molecule has 0 rings (SSSR count). The molecule has 0 aromatic heterocycles. The van der Waals surface area contributed by atoms with Crippen LogP contribution in [0.1, 0.15) is 60.8 Å².